The van der Waals surface area contributed by atoms with E-state index in [0.717, 1.165) is 0 Å². The van der Waals surface area contributed by atoms with Crippen LogP contribution >= 0.6 is 0 Å². The molecule has 1 heterocycles. The first-order valence-corrected chi connectivity index (χ1v) is 6.12. The molecule has 0 aromatic carbocycles. The molecule has 0 spiro atoms. The molecule has 0 radical (unpaired) electrons. The van der Waals surface area contributed by atoms with Gasteiger partial charge in [-0.1, -0.05) is 0 Å². The lowest BCUT2D eigenvalue weighted by atomic mass is 10.2. The van der Waals surface area contributed by atoms with Gasteiger partial charge in [-0.2, -0.15) is 0 Å². The Morgan fingerprint density at radius 2 is 1.95 bits per heavy atom. The number of carbonyl (C=O) groups excluding carboxylic acids is 2. The summed E-state index contributed by atoms with van der Waals surface area (Å²) in [6, 6.07) is 1.04. The maximum absolute atomic E-state index is 11.4. The molecule has 0 bridgehead atoms. The van der Waals surface area contributed by atoms with Gasteiger partial charge in [-0.3, -0.25) is 14.9 Å². The molecule has 1 rings (SSSR count). The van der Waals surface area contributed by atoms with E-state index in [1.807, 2.05) is 0 Å². The molecule has 0 saturated heterocycles. The molecule has 0 fully saturated rings. The van der Waals surface area contributed by atoms with E-state index < -0.39 is 17.9 Å². The molecule has 0 aliphatic carbocycles. The third kappa shape index (κ3) is 7.04. The van der Waals surface area contributed by atoms with Crippen LogP contribution in [0, 0.1) is 0 Å². The number of rotatable bonds is 7. The van der Waals surface area contributed by atoms with Gasteiger partial charge in [-0.05, 0) is 18.9 Å². The fraction of sp³-hybridized carbons (Fsp3) is 0.417. The van der Waals surface area contributed by atoms with Crippen LogP contribution in [0.4, 0.5) is 4.79 Å². The van der Waals surface area contributed by atoms with Gasteiger partial charge >= 0.3 is 12.0 Å². The highest BCUT2D eigenvalue weighted by atomic mass is 16.4. The zero-order valence-corrected chi connectivity index (χ0v) is 10.8. The molecule has 108 valence electrons. The number of carbonyl (C=O) groups is 3. The number of nitrogens with zero attached hydrogens (tertiary/aromatic N) is 2. The van der Waals surface area contributed by atoms with E-state index in [-0.39, 0.29) is 19.4 Å². The number of amides is 3. The van der Waals surface area contributed by atoms with Crippen molar-refractivity contribution < 1.29 is 19.5 Å². The predicted molar refractivity (Wildman–Crippen MR) is 68.5 cm³/mol. The lowest BCUT2D eigenvalue weighted by Gasteiger charge is -2.06. The minimum absolute atomic E-state index is 0.0210. The van der Waals surface area contributed by atoms with Crippen molar-refractivity contribution in [1.82, 2.24) is 20.6 Å². The molecule has 0 aliphatic heterocycles. The maximum Gasteiger partial charge on any atom is 0.321 e. The molecule has 20 heavy (non-hydrogen) atoms. The Hall–Kier alpha value is -2.51. The van der Waals surface area contributed by atoms with Crippen LogP contribution in [0.15, 0.2) is 18.6 Å². The van der Waals surface area contributed by atoms with Gasteiger partial charge in [0.2, 0.25) is 5.91 Å². The molecule has 1 aromatic rings. The summed E-state index contributed by atoms with van der Waals surface area (Å²) in [7, 11) is 0. The minimum atomic E-state index is -0.895. The summed E-state index contributed by atoms with van der Waals surface area (Å²) in [4.78, 5) is 40.7. The molecule has 8 heteroatoms. The topological polar surface area (TPSA) is 121 Å². The number of unbranched alkanes of at least 4 members (excludes halogenated alkanes) is 1. The van der Waals surface area contributed by atoms with E-state index in [0.29, 0.717) is 18.5 Å². The summed E-state index contributed by atoms with van der Waals surface area (Å²) >= 11 is 0. The number of nitrogens with one attached hydrogen (secondary N) is 2. The van der Waals surface area contributed by atoms with Gasteiger partial charge in [0, 0.05) is 19.0 Å². The number of carboxylic acid groups (broad SMARTS) is 1. The number of hydrogen-bond donors (Lipinski definition) is 3. The lowest BCUT2D eigenvalue weighted by Crippen LogP contribution is -2.39. The molecule has 0 saturated carbocycles. The number of hydrogen-bond acceptors (Lipinski definition) is 5. The molecular weight excluding hydrogens is 264 g/mol. The van der Waals surface area contributed by atoms with Crippen LogP contribution in [0.3, 0.4) is 0 Å². The first kappa shape index (κ1) is 15.5. The average molecular weight is 280 g/mol. The summed E-state index contributed by atoms with van der Waals surface area (Å²) in [6.45, 7) is 0.195. The van der Waals surface area contributed by atoms with Crippen molar-refractivity contribution in [3.8, 4) is 0 Å². The number of imide groups is 1. The second-order valence-electron chi connectivity index (χ2n) is 4.03. The van der Waals surface area contributed by atoms with E-state index in [4.69, 9.17) is 5.11 Å². The maximum atomic E-state index is 11.4. The molecule has 3 amide bonds. The van der Waals surface area contributed by atoms with Crippen molar-refractivity contribution in [3.63, 3.8) is 0 Å². The van der Waals surface area contributed by atoms with Crippen LogP contribution in [0.2, 0.25) is 0 Å². The summed E-state index contributed by atoms with van der Waals surface area (Å²) in [6.07, 6.45) is 3.89. The Morgan fingerprint density at radius 1 is 1.20 bits per heavy atom. The summed E-state index contributed by atoms with van der Waals surface area (Å²) in [5.41, 5.74) is 0.629. The van der Waals surface area contributed by atoms with Crippen LogP contribution in [0.1, 0.15) is 31.4 Å². The second-order valence-corrected chi connectivity index (χ2v) is 4.03. The number of urea groups is 1. The van der Waals surface area contributed by atoms with Crippen molar-refractivity contribution in [1.29, 1.82) is 0 Å². The van der Waals surface area contributed by atoms with E-state index in [9.17, 15) is 14.4 Å². The monoisotopic (exact) mass is 280 g/mol. The normalized spacial score (nSPS) is 9.80. The lowest BCUT2D eigenvalue weighted by molar-refractivity contribution is -0.137. The zero-order valence-electron chi connectivity index (χ0n) is 10.8. The Kier molecular flexibility index (Phi) is 6.66. The third-order valence-corrected chi connectivity index (χ3v) is 2.37. The summed E-state index contributed by atoms with van der Waals surface area (Å²) in [5.74, 6) is -1.33. The molecule has 8 nitrogen and oxygen atoms in total. The number of aromatic nitrogens is 2. The van der Waals surface area contributed by atoms with Crippen LogP contribution < -0.4 is 10.6 Å². The number of carboxylic acids is 1. The van der Waals surface area contributed by atoms with Gasteiger partial charge in [-0.15, -0.1) is 0 Å². The third-order valence-electron chi connectivity index (χ3n) is 2.37. The Bertz CT molecular complexity index is 464. The van der Waals surface area contributed by atoms with Crippen LogP contribution in [0.5, 0.6) is 0 Å². The molecule has 1 aromatic heterocycles. The molecule has 0 aliphatic rings. The van der Waals surface area contributed by atoms with Gasteiger partial charge in [-0.25, -0.2) is 14.8 Å². The van der Waals surface area contributed by atoms with Gasteiger partial charge in [0.1, 0.15) is 6.33 Å². The van der Waals surface area contributed by atoms with Crippen LogP contribution in [-0.2, 0) is 16.1 Å². The summed E-state index contributed by atoms with van der Waals surface area (Å²) < 4.78 is 0. The first-order valence-electron chi connectivity index (χ1n) is 6.12. The standard InChI is InChI=1S/C12H16N4O4/c17-10(3-1-2-4-11(18)19)16-12(20)14-7-9-5-6-13-8-15-9/h5-6,8H,1-4,7H2,(H,18,19)(H2,14,16,17,20). The van der Waals surface area contributed by atoms with E-state index in [1.54, 1.807) is 12.3 Å². The summed E-state index contributed by atoms with van der Waals surface area (Å²) in [5, 5.41) is 13.1. The van der Waals surface area contributed by atoms with Crippen molar-refractivity contribution in [2.75, 3.05) is 0 Å². The van der Waals surface area contributed by atoms with Crippen molar-refractivity contribution in [3.05, 3.63) is 24.3 Å². The fourth-order valence-electron chi connectivity index (χ4n) is 1.39. The highest BCUT2D eigenvalue weighted by Gasteiger charge is 2.07. The Balaban J connectivity index is 2.15. The van der Waals surface area contributed by atoms with Gasteiger partial charge in [0.25, 0.3) is 0 Å². The number of aliphatic carboxylic acids is 1. The predicted octanol–water partition coefficient (Wildman–Crippen LogP) is 0.447. The Morgan fingerprint density at radius 3 is 2.60 bits per heavy atom. The molecular formula is C12H16N4O4. The minimum Gasteiger partial charge on any atom is -0.481 e. The van der Waals surface area contributed by atoms with Crippen molar-refractivity contribution in [2.24, 2.45) is 0 Å². The molecule has 0 atom stereocenters. The van der Waals surface area contributed by atoms with Crippen LogP contribution in [-0.4, -0.2) is 33.0 Å². The molecule has 0 unspecified atom stereocenters. The van der Waals surface area contributed by atoms with E-state index in [2.05, 4.69) is 20.6 Å². The first-order chi connectivity index (χ1) is 9.58. The van der Waals surface area contributed by atoms with Crippen molar-refractivity contribution >= 4 is 17.9 Å². The second kappa shape index (κ2) is 8.57. The van der Waals surface area contributed by atoms with Gasteiger partial charge < -0.3 is 10.4 Å². The van der Waals surface area contributed by atoms with Crippen molar-refractivity contribution in [2.45, 2.75) is 32.2 Å². The van der Waals surface area contributed by atoms with E-state index >= 15 is 0 Å². The SMILES string of the molecule is O=C(O)CCCCC(=O)NC(=O)NCc1ccncn1. The highest BCUT2D eigenvalue weighted by Crippen LogP contribution is 1.99. The Labute approximate surface area is 115 Å². The molecule has 3 N–H and O–H groups in total. The average Bonchev–Trinajstić information content (AvgIpc) is 2.42. The van der Waals surface area contributed by atoms with Crippen LogP contribution in [0.25, 0.3) is 0 Å². The van der Waals surface area contributed by atoms with Gasteiger partial charge in [0.05, 0.1) is 12.2 Å². The zero-order chi connectivity index (χ0) is 14.8. The smallest absolute Gasteiger partial charge is 0.321 e. The van der Waals surface area contributed by atoms with E-state index in [1.165, 1.54) is 6.33 Å². The quantitative estimate of drug-likeness (QED) is 0.623. The van der Waals surface area contributed by atoms with Gasteiger partial charge in [0.15, 0.2) is 0 Å². The fourth-order valence-corrected chi connectivity index (χ4v) is 1.39. The largest absolute Gasteiger partial charge is 0.481 e. The highest BCUT2D eigenvalue weighted by molar-refractivity contribution is 5.94.